The van der Waals surface area contributed by atoms with E-state index >= 15 is 0 Å². The van der Waals surface area contributed by atoms with E-state index in [9.17, 15) is 29.7 Å². The molecule has 14 heteroatoms. The van der Waals surface area contributed by atoms with E-state index in [1.165, 1.54) is 22.7 Å². The number of Topliss-reactive ketones (excluding diaryl/α,β-unsaturated/α-hetero) is 1. The molecule has 58 heavy (non-hydrogen) atoms. The summed E-state index contributed by atoms with van der Waals surface area (Å²) in [6.45, 7) is 5.67. The van der Waals surface area contributed by atoms with Gasteiger partial charge in [-0.05, 0) is 79.0 Å². The zero-order valence-electron chi connectivity index (χ0n) is 33.8. The van der Waals surface area contributed by atoms with Crippen LogP contribution in [0.25, 0.3) is 0 Å². The molecule has 3 N–H and O–H groups in total. The number of halogens is 1. The third-order valence-corrected chi connectivity index (χ3v) is 17.7. The van der Waals surface area contributed by atoms with Crippen molar-refractivity contribution in [3.63, 3.8) is 0 Å². The lowest BCUT2D eigenvalue weighted by atomic mass is 9.46. The Morgan fingerprint density at radius 3 is 2.28 bits per heavy atom. The van der Waals surface area contributed by atoms with E-state index in [1.54, 1.807) is 24.3 Å². The summed E-state index contributed by atoms with van der Waals surface area (Å²) < 4.78 is 25.3. The van der Waals surface area contributed by atoms with Crippen LogP contribution in [0.15, 0.2) is 58.8 Å². The molecular weight excluding hydrogens is 847 g/mol. The van der Waals surface area contributed by atoms with Gasteiger partial charge in [0, 0.05) is 29.6 Å². The van der Waals surface area contributed by atoms with Crippen molar-refractivity contribution in [1.29, 1.82) is 0 Å². The molecule has 10 rings (SSSR count). The van der Waals surface area contributed by atoms with E-state index in [1.807, 2.05) is 29.0 Å². The number of allylic oxidation sites excluding steroid dienone is 4. The Morgan fingerprint density at radius 1 is 1.03 bits per heavy atom. The fourth-order valence-electron chi connectivity index (χ4n) is 13.0. The van der Waals surface area contributed by atoms with E-state index in [0.717, 1.165) is 42.2 Å². The molecule has 7 fully saturated rings. The number of carbonyl (C=O) groups excluding carboxylic acids is 3. The van der Waals surface area contributed by atoms with Crippen LogP contribution in [0.1, 0.15) is 81.9 Å². The number of ketones is 2. The van der Waals surface area contributed by atoms with Gasteiger partial charge in [-0.15, -0.1) is 22.7 Å². The number of thiophene rings is 2. The molecule has 2 aromatic rings. The zero-order valence-corrected chi connectivity index (χ0v) is 37.0. The van der Waals surface area contributed by atoms with Crippen molar-refractivity contribution in [2.24, 2.45) is 28.6 Å². The summed E-state index contributed by atoms with van der Waals surface area (Å²) in [5, 5.41) is 36.5. The SMILES string of the molecule is CCCC1O[C@@H]2C[C@H]3[C@@H]4CCC5=CC(=O)C=C[C@]5(C)[C@H]4[C@@H](O)C[C@]3(C)[C@]2(C(=O)CO)O1.C[N+]1(C)C2CC(OC(=O)C(O)(c3cccs3)c3cccs3)CC1[C@@H]1O[C@H]21.[Br-]. The minimum absolute atomic E-state index is 0. The Morgan fingerprint density at radius 2 is 1.69 bits per heavy atom. The molecule has 4 unspecified atom stereocenters. The van der Waals surface area contributed by atoms with E-state index in [-0.39, 0.29) is 57.8 Å². The number of rotatable bonds is 8. The molecule has 6 heterocycles. The first kappa shape index (κ1) is 42.6. The number of hydrogen-bond acceptors (Lipinski definition) is 12. The number of fused-ring (bicyclic) bond motifs is 12. The van der Waals surface area contributed by atoms with E-state index in [2.05, 4.69) is 34.9 Å². The second-order valence-corrected chi connectivity index (χ2v) is 20.6. The number of epoxide rings is 1. The van der Waals surface area contributed by atoms with Crippen LogP contribution in [0.5, 0.6) is 0 Å². The second kappa shape index (κ2) is 15.1. The molecule has 0 aromatic carbocycles. The number of likely N-dealkylation sites (N-methyl/N-ethyl adjacent to an activating group) is 1. The van der Waals surface area contributed by atoms with Crippen LogP contribution in [0.4, 0.5) is 0 Å². The highest BCUT2D eigenvalue weighted by Gasteiger charge is 2.76. The number of quaternary nitrogens is 1. The molecule has 2 bridgehead atoms. The van der Waals surface area contributed by atoms with Crippen LogP contribution in [0, 0.1) is 28.6 Å². The van der Waals surface area contributed by atoms with E-state index < -0.39 is 47.7 Å². The zero-order chi connectivity index (χ0) is 40.3. The van der Waals surface area contributed by atoms with Crippen molar-refractivity contribution < 1.29 is 70.1 Å². The molecule has 2 aromatic heterocycles. The Balaban J connectivity index is 0.000000161. The first-order chi connectivity index (χ1) is 27.1. The highest BCUT2D eigenvalue weighted by Crippen LogP contribution is 2.69. The maximum Gasteiger partial charge on any atom is 0.349 e. The Labute approximate surface area is 358 Å². The van der Waals surface area contributed by atoms with Gasteiger partial charge in [-0.1, -0.05) is 51.0 Å². The van der Waals surface area contributed by atoms with Crippen molar-refractivity contribution >= 4 is 40.2 Å². The molecule has 4 aliphatic carbocycles. The van der Waals surface area contributed by atoms with Gasteiger partial charge in [-0.2, -0.15) is 0 Å². The van der Waals surface area contributed by atoms with Crippen molar-refractivity contribution in [2.75, 3.05) is 20.7 Å². The Kier molecular flexibility index (Phi) is 11.1. The van der Waals surface area contributed by atoms with Crippen LogP contribution < -0.4 is 17.0 Å². The second-order valence-electron chi connectivity index (χ2n) is 18.7. The summed E-state index contributed by atoms with van der Waals surface area (Å²) in [7, 11) is 4.49. The van der Waals surface area contributed by atoms with E-state index in [0.29, 0.717) is 53.3 Å². The predicted molar refractivity (Wildman–Crippen MR) is 212 cm³/mol. The van der Waals surface area contributed by atoms with Gasteiger partial charge >= 0.3 is 5.97 Å². The van der Waals surface area contributed by atoms with Crippen molar-refractivity contribution in [1.82, 2.24) is 0 Å². The van der Waals surface area contributed by atoms with Gasteiger partial charge in [0.15, 0.2) is 23.5 Å². The van der Waals surface area contributed by atoms with Crippen molar-refractivity contribution in [3.05, 3.63) is 68.6 Å². The first-order valence-corrected chi connectivity index (χ1v) is 22.5. The number of nitrogens with zero attached hydrogens (tertiary/aromatic N) is 1. The molecule has 0 spiro atoms. The van der Waals surface area contributed by atoms with Crippen LogP contribution in [-0.4, -0.2) is 113 Å². The summed E-state index contributed by atoms with van der Waals surface area (Å²) in [4.78, 5) is 39.5. The average molecular weight is 903 g/mol. The van der Waals surface area contributed by atoms with E-state index in [4.69, 9.17) is 18.9 Å². The van der Waals surface area contributed by atoms with Crippen molar-refractivity contribution in [3.8, 4) is 0 Å². The number of piperidine rings is 1. The molecule has 3 saturated carbocycles. The number of aliphatic hydroxyl groups excluding tert-OH is 2. The summed E-state index contributed by atoms with van der Waals surface area (Å²) in [5.74, 6) is -0.534. The number of carbonyl (C=O) groups is 3. The Hall–Kier alpha value is -2.11. The lowest BCUT2D eigenvalue weighted by Crippen LogP contribution is -3.00. The molecule has 0 amide bonds. The van der Waals surface area contributed by atoms with Gasteiger partial charge < -0.3 is 55.7 Å². The summed E-state index contributed by atoms with van der Waals surface area (Å²) in [6.07, 6.45) is 10.4. The number of ether oxygens (including phenoxy) is 4. The average Bonchev–Trinajstić information content (AvgIpc) is 3.64. The van der Waals surface area contributed by atoms with Gasteiger partial charge in [0.2, 0.25) is 5.60 Å². The molecule has 4 saturated heterocycles. The maximum atomic E-state index is 13.2. The van der Waals surface area contributed by atoms with Gasteiger partial charge in [0.1, 0.15) is 37.0 Å². The normalized spacial score (nSPS) is 42.3. The molecule has 11 nitrogen and oxygen atoms in total. The Bertz CT molecular complexity index is 1910. The van der Waals surface area contributed by atoms with Gasteiger partial charge in [0.05, 0.1) is 36.1 Å². The van der Waals surface area contributed by atoms with Gasteiger partial charge in [-0.25, -0.2) is 4.79 Å². The lowest BCUT2D eigenvalue weighted by molar-refractivity contribution is -0.938. The molecular formula is C44H56BrNO10S2. The number of esters is 1. The molecule has 0 radical (unpaired) electrons. The molecule has 316 valence electrons. The van der Waals surface area contributed by atoms with Crippen molar-refractivity contribution in [2.45, 2.75) is 132 Å². The van der Waals surface area contributed by atoms with Crippen LogP contribution in [-0.2, 0) is 38.9 Å². The summed E-state index contributed by atoms with van der Waals surface area (Å²) >= 11 is 2.74. The topological polar surface area (TPSA) is 152 Å². The highest BCUT2D eigenvalue weighted by molar-refractivity contribution is 7.12. The number of hydrogen-bond donors (Lipinski definition) is 3. The monoisotopic (exact) mass is 901 g/mol. The fourth-order valence-corrected chi connectivity index (χ4v) is 14.7. The highest BCUT2D eigenvalue weighted by atomic mass is 79.9. The molecule has 14 atom stereocenters. The predicted octanol–water partition coefficient (Wildman–Crippen LogP) is 2.07. The van der Waals surface area contributed by atoms with Gasteiger partial charge in [0.25, 0.3) is 0 Å². The largest absolute Gasteiger partial charge is 1.00 e. The number of aliphatic hydroxyl groups is 3. The third kappa shape index (κ3) is 6.12. The molecule has 4 aliphatic heterocycles. The number of morpholine rings is 1. The third-order valence-electron chi connectivity index (χ3n) is 15.7. The minimum atomic E-state index is -1.72. The summed E-state index contributed by atoms with van der Waals surface area (Å²) in [5.41, 5.74) is -2.77. The first-order valence-electron chi connectivity index (χ1n) is 20.7. The standard InChI is InChI=1S/C25H34O6.C19H22NO4S2.BrH/c1-4-5-21-30-20-11-17-16-7-6-14-10-15(27)8-9-23(14,2)22(16)18(28)12-24(17,3)25(20,31-21)19(29)13-26;1-20(2)12-9-11(10-13(20)17-16(12)24-17)23-18(21)19(22,14-5-3-7-25-14)15-6-4-8-26-15;/h8-10,16-18,20-22,26,28H,4-7,11-13H2,1-3H3;3-8,11-13,16-17,22H,9-10H2,1-2H3;1H/q;+1;/p-1/t16-,17-,18-,20+,21?,22+,23-,24-,25+;11?,12?,13?,16-,17+;/m0../s1. The van der Waals surface area contributed by atoms with Crippen LogP contribution in [0.2, 0.25) is 0 Å². The maximum absolute atomic E-state index is 13.2. The molecule has 8 aliphatic rings. The van der Waals surface area contributed by atoms with Gasteiger partial charge in [-0.3, -0.25) is 9.59 Å². The lowest BCUT2D eigenvalue weighted by Gasteiger charge is -2.59. The van der Waals surface area contributed by atoms with Crippen LogP contribution >= 0.6 is 22.7 Å². The minimum Gasteiger partial charge on any atom is -1.00 e. The van der Waals surface area contributed by atoms with Crippen LogP contribution in [0.3, 0.4) is 0 Å². The smallest absolute Gasteiger partial charge is 0.349 e. The summed E-state index contributed by atoms with van der Waals surface area (Å²) in [6, 6.07) is 8.01. The quantitative estimate of drug-likeness (QED) is 0.204. The fraction of sp³-hybridized carbons (Fsp3) is 0.659.